The van der Waals surface area contributed by atoms with Crippen molar-refractivity contribution in [3.05, 3.63) is 107 Å². The second kappa shape index (κ2) is 8.50. The average molecular weight is 402 g/mol. The summed E-state index contributed by atoms with van der Waals surface area (Å²) in [7, 11) is 0. The zero-order chi connectivity index (χ0) is 20.1. The number of amidine groups is 1. The third-order valence-corrected chi connectivity index (χ3v) is 5.88. The molecule has 0 aliphatic carbocycles. The van der Waals surface area contributed by atoms with Crippen molar-refractivity contribution in [1.29, 1.82) is 5.41 Å². The highest BCUT2D eigenvalue weighted by Gasteiger charge is 2.39. The molecule has 0 aliphatic heterocycles. The Morgan fingerprint density at radius 1 is 0.857 bits per heavy atom. The third-order valence-electron chi connectivity index (χ3n) is 4.32. The van der Waals surface area contributed by atoms with Crippen molar-refractivity contribution in [2.24, 2.45) is 0 Å². The van der Waals surface area contributed by atoms with E-state index >= 15 is 0 Å². The van der Waals surface area contributed by atoms with Crippen LogP contribution in [0.25, 0.3) is 0 Å². The van der Waals surface area contributed by atoms with Gasteiger partial charge in [-0.3, -0.25) is 16.1 Å². The molecule has 3 aromatic rings. The van der Waals surface area contributed by atoms with E-state index in [0.717, 1.165) is 11.8 Å². The number of hydrogen-bond acceptors (Lipinski definition) is 3. The Hall–Kier alpha value is -2.77. The lowest BCUT2D eigenvalue weighted by molar-refractivity contribution is 0.233. The standard InChI is InChI=1S/C21H17F3N2OS/c22-16-9-5-14(6-10-16)21(28-13-20(25)26-27,15-7-11-17(23)12-8-15)18-3-1-2-4-19(18)24/h1-12,27H,13H2,(H2,25,26). The van der Waals surface area contributed by atoms with Crippen molar-refractivity contribution in [3.8, 4) is 0 Å². The van der Waals surface area contributed by atoms with Crippen LogP contribution in [0.1, 0.15) is 16.7 Å². The van der Waals surface area contributed by atoms with E-state index in [1.54, 1.807) is 23.7 Å². The second-order valence-corrected chi connectivity index (χ2v) is 7.24. The molecule has 0 saturated carbocycles. The van der Waals surface area contributed by atoms with Gasteiger partial charge in [-0.2, -0.15) is 0 Å². The molecule has 0 spiro atoms. The minimum Gasteiger partial charge on any atom is -0.290 e. The summed E-state index contributed by atoms with van der Waals surface area (Å²) in [6, 6.07) is 17.4. The first-order chi connectivity index (χ1) is 13.5. The summed E-state index contributed by atoms with van der Waals surface area (Å²) in [6.45, 7) is 0. The van der Waals surface area contributed by atoms with Crippen LogP contribution >= 0.6 is 11.8 Å². The largest absolute Gasteiger partial charge is 0.290 e. The summed E-state index contributed by atoms with van der Waals surface area (Å²) in [4.78, 5) is 0. The molecule has 3 nitrogen and oxygen atoms in total. The molecule has 0 amide bonds. The van der Waals surface area contributed by atoms with E-state index in [1.165, 1.54) is 54.6 Å². The topological polar surface area (TPSA) is 56.1 Å². The van der Waals surface area contributed by atoms with Crippen molar-refractivity contribution >= 4 is 17.6 Å². The van der Waals surface area contributed by atoms with Gasteiger partial charge in [0.25, 0.3) is 0 Å². The highest BCUT2D eigenvalue weighted by molar-refractivity contribution is 8.01. The van der Waals surface area contributed by atoms with E-state index in [9.17, 15) is 13.2 Å². The molecular formula is C21H17F3N2OS. The molecule has 0 bridgehead atoms. The highest BCUT2D eigenvalue weighted by Crippen LogP contribution is 2.49. The first-order valence-electron chi connectivity index (χ1n) is 8.36. The number of nitrogens with one attached hydrogen (secondary N) is 2. The van der Waals surface area contributed by atoms with Crippen LogP contribution < -0.4 is 5.48 Å². The molecule has 0 heterocycles. The summed E-state index contributed by atoms with van der Waals surface area (Å²) in [5.41, 5.74) is 3.17. The van der Waals surface area contributed by atoms with Gasteiger partial charge in [0.1, 0.15) is 23.3 Å². The zero-order valence-electron chi connectivity index (χ0n) is 14.6. The van der Waals surface area contributed by atoms with Crippen molar-refractivity contribution in [2.45, 2.75) is 4.75 Å². The molecule has 3 rings (SSSR count). The lowest BCUT2D eigenvalue weighted by Gasteiger charge is -2.35. The van der Waals surface area contributed by atoms with Gasteiger partial charge in [-0.1, -0.05) is 42.5 Å². The Labute approximate surface area is 164 Å². The van der Waals surface area contributed by atoms with Crippen LogP contribution in [0.15, 0.2) is 72.8 Å². The molecule has 0 unspecified atom stereocenters. The van der Waals surface area contributed by atoms with E-state index in [4.69, 9.17) is 10.6 Å². The smallest absolute Gasteiger partial charge is 0.128 e. The number of halogens is 3. The van der Waals surface area contributed by atoms with Crippen LogP contribution in [-0.4, -0.2) is 16.8 Å². The zero-order valence-corrected chi connectivity index (χ0v) is 15.4. The van der Waals surface area contributed by atoms with Crippen LogP contribution in [0.4, 0.5) is 13.2 Å². The Morgan fingerprint density at radius 2 is 1.36 bits per heavy atom. The van der Waals surface area contributed by atoms with Crippen LogP contribution in [0, 0.1) is 22.9 Å². The maximum atomic E-state index is 14.9. The Bertz CT molecular complexity index is 917. The first kappa shape index (κ1) is 20.0. The van der Waals surface area contributed by atoms with Gasteiger partial charge in [0, 0.05) is 5.56 Å². The Balaban J connectivity index is 2.30. The number of benzene rings is 3. The van der Waals surface area contributed by atoms with E-state index in [1.807, 2.05) is 0 Å². The molecule has 0 aromatic heterocycles. The van der Waals surface area contributed by atoms with Gasteiger partial charge in [0.2, 0.25) is 0 Å². The van der Waals surface area contributed by atoms with E-state index in [0.29, 0.717) is 11.1 Å². The lowest BCUT2D eigenvalue weighted by atomic mass is 9.83. The number of thioether (sulfide) groups is 1. The van der Waals surface area contributed by atoms with Gasteiger partial charge in [0.15, 0.2) is 0 Å². The van der Waals surface area contributed by atoms with Crippen LogP contribution in [0.3, 0.4) is 0 Å². The van der Waals surface area contributed by atoms with Gasteiger partial charge in [-0.25, -0.2) is 13.2 Å². The summed E-state index contributed by atoms with van der Waals surface area (Å²) in [5, 5.41) is 16.7. The molecule has 0 fully saturated rings. The number of hydroxylamine groups is 1. The average Bonchev–Trinajstić information content (AvgIpc) is 2.71. The lowest BCUT2D eigenvalue weighted by Crippen LogP contribution is -2.30. The second-order valence-electron chi connectivity index (χ2n) is 6.05. The predicted octanol–water partition coefficient (Wildman–Crippen LogP) is 5.09. The van der Waals surface area contributed by atoms with Gasteiger partial charge in [0.05, 0.1) is 10.5 Å². The molecule has 0 radical (unpaired) electrons. The van der Waals surface area contributed by atoms with E-state index in [-0.39, 0.29) is 17.2 Å². The van der Waals surface area contributed by atoms with Crippen molar-refractivity contribution in [1.82, 2.24) is 5.48 Å². The fourth-order valence-corrected chi connectivity index (χ4v) is 4.40. The van der Waals surface area contributed by atoms with E-state index in [2.05, 4.69) is 0 Å². The normalized spacial score (nSPS) is 11.3. The number of hydrogen-bond donors (Lipinski definition) is 3. The molecule has 3 aromatic carbocycles. The summed E-state index contributed by atoms with van der Waals surface area (Å²) in [6.07, 6.45) is 0. The molecule has 0 saturated heterocycles. The Morgan fingerprint density at radius 3 is 1.82 bits per heavy atom. The molecule has 7 heteroatoms. The van der Waals surface area contributed by atoms with Crippen LogP contribution in [0.2, 0.25) is 0 Å². The van der Waals surface area contributed by atoms with Crippen LogP contribution in [0.5, 0.6) is 0 Å². The van der Waals surface area contributed by atoms with Crippen molar-refractivity contribution < 1.29 is 18.4 Å². The van der Waals surface area contributed by atoms with Gasteiger partial charge < -0.3 is 0 Å². The minimum atomic E-state index is -1.20. The molecule has 28 heavy (non-hydrogen) atoms. The van der Waals surface area contributed by atoms with Crippen molar-refractivity contribution in [2.75, 3.05) is 5.75 Å². The molecule has 0 aliphatic rings. The summed E-state index contributed by atoms with van der Waals surface area (Å²) < 4.78 is 40.9. The highest BCUT2D eigenvalue weighted by atomic mass is 32.2. The number of rotatable bonds is 6. The van der Waals surface area contributed by atoms with Gasteiger partial charge >= 0.3 is 0 Å². The fourth-order valence-electron chi connectivity index (χ4n) is 3.05. The summed E-state index contributed by atoms with van der Waals surface area (Å²) in [5.74, 6) is -1.57. The Kier molecular flexibility index (Phi) is 6.06. The molecular weight excluding hydrogens is 385 g/mol. The molecule has 144 valence electrons. The van der Waals surface area contributed by atoms with Gasteiger partial charge in [-0.05, 0) is 41.5 Å². The third kappa shape index (κ3) is 3.90. The predicted molar refractivity (Wildman–Crippen MR) is 104 cm³/mol. The molecule has 0 atom stereocenters. The maximum absolute atomic E-state index is 14.9. The molecule has 3 N–H and O–H groups in total. The van der Waals surface area contributed by atoms with Crippen LogP contribution in [-0.2, 0) is 4.75 Å². The fraction of sp³-hybridized carbons (Fsp3) is 0.0952. The van der Waals surface area contributed by atoms with E-state index < -0.39 is 22.2 Å². The summed E-state index contributed by atoms with van der Waals surface area (Å²) >= 11 is 1.15. The SMILES string of the molecule is N=C(CSC(c1ccc(F)cc1)(c1ccc(F)cc1)c1ccccc1F)NO. The first-order valence-corrected chi connectivity index (χ1v) is 9.34. The quantitative estimate of drug-likeness (QED) is 0.233. The monoisotopic (exact) mass is 402 g/mol. The van der Waals surface area contributed by atoms with Gasteiger partial charge in [-0.15, -0.1) is 11.8 Å². The van der Waals surface area contributed by atoms with Crippen molar-refractivity contribution in [3.63, 3.8) is 0 Å². The minimum absolute atomic E-state index is 0.000410. The maximum Gasteiger partial charge on any atom is 0.128 e.